The van der Waals surface area contributed by atoms with Crippen LogP contribution in [0.4, 0.5) is 11.4 Å². The number of nitrogens with zero attached hydrogens (tertiary/aromatic N) is 1. The zero-order valence-corrected chi connectivity index (χ0v) is 14.2. The van der Waals surface area contributed by atoms with Crippen molar-refractivity contribution in [1.29, 1.82) is 0 Å². The summed E-state index contributed by atoms with van der Waals surface area (Å²) >= 11 is 6.48. The Kier molecular flexibility index (Phi) is 5.04. The Bertz CT molecular complexity index is 737. The van der Waals surface area contributed by atoms with E-state index in [4.69, 9.17) is 11.6 Å². The molecule has 1 heterocycles. The number of benzene rings is 2. The van der Waals surface area contributed by atoms with Crippen LogP contribution in [-0.4, -0.2) is 31.2 Å². The molecular weight excluding hydrogens is 326 g/mol. The van der Waals surface area contributed by atoms with Gasteiger partial charge in [0, 0.05) is 24.3 Å². The fourth-order valence-corrected chi connectivity index (χ4v) is 3.30. The molecule has 1 aliphatic heterocycles. The summed E-state index contributed by atoms with van der Waals surface area (Å²) in [5.74, 6) is -0.0857. The van der Waals surface area contributed by atoms with Crippen LogP contribution in [0, 0.1) is 0 Å². The molecule has 0 aliphatic carbocycles. The second-order valence-corrected chi connectivity index (χ2v) is 6.14. The highest BCUT2D eigenvalue weighted by Crippen LogP contribution is 2.39. The number of amides is 1. The van der Waals surface area contributed by atoms with E-state index in [9.17, 15) is 9.90 Å². The smallest absolute Gasteiger partial charge is 0.246 e. The van der Waals surface area contributed by atoms with E-state index in [0.717, 1.165) is 22.5 Å². The van der Waals surface area contributed by atoms with Crippen LogP contribution in [0.25, 0.3) is 0 Å². The van der Waals surface area contributed by atoms with Gasteiger partial charge in [-0.15, -0.1) is 0 Å². The minimum atomic E-state index is -0.382. The van der Waals surface area contributed by atoms with Gasteiger partial charge in [0.05, 0.1) is 17.3 Å². The van der Waals surface area contributed by atoms with Gasteiger partial charge in [0.1, 0.15) is 6.04 Å². The number of aliphatic hydroxyl groups excluding tert-OH is 1. The maximum Gasteiger partial charge on any atom is 0.246 e. The summed E-state index contributed by atoms with van der Waals surface area (Å²) in [5.41, 5.74) is 3.53. The van der Waals surface area contributed by atoms with Gasteiger partial charge >= 0.3 is 0 Å². The number of fused-ring (bicyclic) bond motifs is 1. The van der Waals surface area contributed by atoms with Crippen LogP contribution in [-0.2, 0) is 11.3 Å². The first kappa shape index (κ1) is 16.8. The third-order valence-corrected chi connectivity index (χ3v) is 4.47. The molecule has 0 spiro atoms. The lowest BCUT2D eigenvalue weighted by Gasteiger charge is -2.26. The lowest BCUT2D eigenvalue weighted by atomic mass is 10.1. The van der Waals surface area contributed by atoms with Crippen LogP contribution in [0.1, 0.15) is 17.2 Å². The fourth-order valence-electron chi connectivity index (χ4n) is 3.01. The largest absolute Gasteiger partial charge is 0.395 e. The zero-order chi connectivity index (χ0) is 17.1. The summed E-state index contributed by atoms with van der Waals surface area (Å²) in [6.45, 7) is 1.10. The molecule has 2 aromatic carbocycles. The van der Waals surface area contributed by atoms with Crippen molar-refractivity contribution in [3.05, 3.63) is 58.6 Å². The molecule has 0 saturated heterocycles. The van der Waals surface area contributed by atoms with Gasteiger partial charge < -0.3 is 20.6 Å². The van der Waals surface area contributed by atoms with Gasteiger partial charge in [-0.1, -0.05) is 41.9 Å². The fraction of sp³-hybridized carbons (Fsp3) is 0.278. The first-order chi connectivity index (χ1) is 11.6. The topological polar surface area (TPSA) is 64.6 Å². The third kappa shape index (κ3) is 3.24. The molecule has 5 nitrogen and oxygen atoms in total. The normalized spacial score (nSPS) is 16.0. The highest BCUT2D eigenvalue weighted by Gasteiger charge is 2.30. The summed E-state index contributed by atoms with van der Waals surface area (Å²) in [6.07, 6.45) is 0. The number of anilines is 2. The number of likely N-dealkylation sites (N-methyl/N-ethyl adjacent to an activating group) is 1. The Morgan fingerprint density at radius 2 is 2.04 bits per heavy atom. The average Bonchev–Trinajstić information content (AvgIpc) is 2.89. The molecule has 6 heteroatoms. The Hall–Kier alpha value is -2.08. The molecular formula is C18H20ClN3O2. The molecule has 0 aromatic heterocycles. The molecule has 3 rings (SSSR count). The van der Waals surface area contributed by atoms with E-state index in [1.807, 2.05) is 47.4 Å². The number of carbonyl (C=O) groups is 1. The first-order valence-corrected chi connectivity index (χ1v) is 8.23. The molecule has 0 fully saturated rings. The van der Waals surface area contributed by atoms with Crippen LogP contribution in [0.3, 0.4) is 0 Å². The van der Waals surface area contributed by atoms with Gasteiger partial charge in [-0.05, 0) is 24.7 Å². The van der Waals surface area contributed by atoms with Crippen molar-refractivity contribution in [3.63, 3.8) is 0 Å². The predicted molar refractivity (Wildman–Crippen MR) is 96.5 cm³/mol. The molecule has 0 radical (unpaired) electrons. The maximum absolute atomic E-state index is 12.0. The lowest BCUT2D eigenvalue weighted by Crippen LogP contribution is -2.26. The van der Waals surface area contributed by atoms with Crippen molar-refractivity contribution < 1.29 is 9.90 Å². The van der Waals surface area contributed by atoms with E-state index in [-0.39, 0.29) is 18.6 Å². The SMILES string of the molecule is CNC1C(=O)Nc2cc(N(CCO)Cc3ccccc3)c(Cl)cc21. The molecule has 3 N–H and O–H groups in total. The van der Waals surface area contributed by atoms with Crippen molar-refractivity contribution in [1.82, 2.24) is 5.32 Å². The van der Waals surface area contributed by atoms with Gasteiger partial charge in [0.15, 0.2) is 0 Å². The summed E-state index contributed by atoms with van der Waals surface area (Å²) in [4.78, 5) is 14.0. The number of halogens is 1. The van der Waals surface area contributed by atoms with E-state index in [1.54, 1.807) is 7.05 Å². The van der Waals surface area contributed by atoms with E-state index in [0.29, 0.717) is 18.1 Å². The molecule has 2 aromatic rings. The van der Waals surface area contributed by atoms with Gasteiger partial charge in [-0.25, -0.2) is 0 Å². The molecule has 1 unspecified atom stereocenters. The number of rotatable bonds is 6. The maximum atomic E-state index is 12.0. The summed E-state index contributed by atoms with van der Waals surface area (Å²) in [6, 6.07) is 13.3. The Balaban J connectivity index is 1.94. The second kappa shape index (κ2) is 7.21. The quantitative estimate of drug-likeness (QED) is 0.753. The van der Waals surface area contributed by atoms with E-state index >= 15 is 0 Å². The summed E-state index contributed by atoms with van der Waals surface area (Å²) in [5, 5.41) is 15.8. The van der Waals surface area contributed by atoms with E-state index < -0.39 is 0 Å². The Morgan fingerprint density at radius 1 is 1.29 bits per heavy atom. The number of hydrogen-bond donors (Lipinski definition) is 3. The van der Waals surface area contributed by atoms with Crippen molar-refractivity contribution in [2.24, 2.45) is 0 Å². The van der Waals surface area contributed by atoms with Crippen LogP contribution < -0.4 is 15.5 Å². The third-order valence-electron chi connectivity index (χ3n) is 4.17. The number of nitrogens with one attached hydrogen (secondary N) is 2. The van der Waals surface area contributed by atoms with Crippen LogP contribution in [0.5, 0.6) is 0 Å². The van der Waals surface area contributed by atoms with Crippen molar-refractivity contribution >= 4 is 28.9 Å². The highest BCUT2D eigenvalue weighted by atomic mass is 35.5. The second-order valence-electron chi connectivity index (χ2n) is 5.73. The summed E-state index contributed by atoms with van der Waals surface area (Å²) < 4.78 is 0. The van der Waals surface area contributed by atoms with Crippen LogP contribution >= 0.6 is 11.6 Å². The van der Waals surface area contributed by atoms with Crippen molar-refractivity contribution in [2.75, 3.05) is 30.4 Å². The van der Waals surface area contributed by atoms with Gasteiger partial charge in [0.2, 0.25) is 5.91 Å². The number of carbonyl (C=O) groups excluding carboxylic acids is 1. The molecule has 126 valence electrons. The molecule has 0 saturated carbocycles. The van der Waals surface area contributed by atoms with Gasteiger partial charge in [-0.3, -0.25) is 4.79 Å². The summed E-state index contributed by atoms with van der Waals surface area (Å²) in [7, 11) is 1.74. The molecule has 1 atom stereocenters. The van der Waals surface area contributed by atoms with Gasteiger partial charge in [-0.2, -0.15) is 0 Å². The molecule has 24 heavy (non-hydrogen) atoms. The molecule has 1 aliphatic rings. The molecule has 0 bridgehead atoms. The Labute approximate surface area is 146 Å². The standard InChI is InChI=1S/C18H20ClN3O2/c1-20-17-13-9-14(19)16(10-15(13)21-18(17)24)22(7-8-23)11-12-5-3-2-4-6-12/h2-6,9-10,17,20,23H,7-8,11H2,1H3,(H,21,24). The minimum absolute atomic E-state index is 0.0196. The van der Waals surface area contributed by atoms with Crippen molar-refractivity contribution in [2.45, 2.75) is 12.6 Å². The van der Waals surface area contributed by atoms with E-state index in [1.165, 1.54) is 0 Å². The predicted octanol–water partition coefficient (Wildman–Crippen LogP) is 2.55. The number of aliphatic hydroxyl groups is 1. The van der Waals surface area contributed by atoms with Crippen LogP contribution in [0.2, 0.25) is 5.02 Å². The highest BCUT2D eigenvalue weighted by molar-refractivity contribution is 6.33. The Morgan fingerprint density at radius 3 is 2.71 bits per heavy atom. The van der Waals surface area contributed by atoms with Crippen LogP contribution in [0.15, 0.2) is 42.5 Å². The number of hydrogen-bond acceptors (Lipinski definition) is 4. The van der Waals surface area contributed by atoms with E-state index in [2.05, 4.69) is 10.6 Å². The van der Waals surface area contributed by atoms with Gasteiger partial charge in [0.25, 0.3) is 0 Å². The first-order valence-electron chi connectivity index (χ1n) is 7.85. The molecule has 1 amide bonds. The van der Waals surface area contributed by atoms with Crippen molar-refractivity contribution in [3.8, 4) is 0 Å². The monoisotopic (exact) mass is 345 g/mol. The lowest BCUT2D eigenvalue weighted by molar-refractivity contribution is -0.117. The zero-order valence-electron chi connectivity index (χ0n) is 13.4. The minimum Gasteiger partial charge on any atom is -0.395 e. The average molecular weight is 346 g/mol.